The smallest absolute Gasteiger partial charge is 0.317 e. The maximum absolute atomic E-state index is 11.8. The number of hydrogen-bond donors (Lipinski definition) is 2. The molecule has 2 saturated heterocycles. The van der Waals surface area contributed by atoms with Crippen LogP contribution in [0, 0.1) is 11.8 Å². The van der Waals surface area contributed by atoms with Crippen LogP contribution in [0.1, 0.15) is 35.2 Å². The third kappa shape index (κ3) is 3.26. The number of nitrogens with zero attached hydrogens (tertiary/aromatic N) is 2. The number of piperidine rings is 1. The number of nitrogens with two attached hydrogens (primary N) is 1. The van der Waals surface area contributed by atoms with Crippen molar-refractivity contribution in [3.63, 3.8) is 0 Å². The molecule has 28 heavy (non-hydrogen) atoms. The van der Waals surface area contributed by atoms with Gasteiger partial charge in [0.15, 0.2) is 0 Å². The molecule has 7 heteroatoms. The molecule has 2 atom stereocenters. The van der Waals surface area contributed by atoms with Crippen molar-refractivity contribution in [3.05, 3.63) is 35.4 Å². The first-order chi connectivity index (χ1) is 13.5. The number of amides is 3. The van der Waals surface area contributed by atoms with Crippen LogP contribution in [-0.2, 0) is 10.3 Å². The summed E-state index contributed by atoms with van der Waals surface area (Å²) in [6.45, 7) is 5.08. The number of fused-ring (bicyclic) bond motifs is 2. The number of hydrogen-bond acceptors (Lipinski definition) is 4. The minimum absolute atomic E-state index is 0.0479. The molecule has 152 valence electrons. The molecule has 2 aliphatic heterocycles. The van der Waals surface area contributed by atoms with Crippen LogP contribution in [0.3, 0.4) is 0 Å². The first-order valence-electron chi connectivity index (χ1n) is 10.2. The van der Waals surface area contributed by atoms with Crippen LogP contribution in [0.2, 0.25) is 0 Å². The van der Waals surface area contributed by atoms with E-state index in [9.17, 15) is 9.59 Å². The van der Waals surface area contributed by atoms with Crippen LogP contribution in [0.5, 0.6) is 0 Å². The van der Waals surface area contributed by atoms with E-state index in [2.05, 4.69) is 16.3 Å². The number of likely N-dealkylation sites (tertiary alicyclic amines) is 1. The van der Waals surface area contributed by atoms with Crippen molar-refractivity contribution in [1.29, 1.82) is 0 Å². The van der Waals surface area contributed by atoms with Gasteiger partial charge in [0.05, 0.1) is 0 Å². The van der Waals surface area contributed by atoms with Gasteiger partial charge in [0.2, 0.25) is 5.91 Å². The average Bonchev–Trinajstić information content (AvgIpc) is 3.10. The second-order valence-electron chi connectivity index (χ2n) is 8.25. The van der Waals surface area contributed by atoms with Crippen LogP contribution in [0.25, 0.3) is 0 Å². The molecule has 3 aliphatic rings. The Morgan fingerprint density at radius 2 is 2.04 bits per heavy atom. The molecule has 3 N–H and O–H groups in total. The summed E-state index contributed by atoms with van der Waals surface area (Å²) < 4.78 is 6.26. The number of methoxy groups -OCH3 is 1. The lowest BCUT2D eigenvalue weighted by atomic mass is 9.62. The molecule has 2 unspecified atom stereocenters. The molecule has 3 fully saturated rings. The summed E-state index contributed by atoms with van der Waals surface area (Å²) in [5, 5.41) is 2.87. The highest BCUT2D eigenvalue weighted by molar-refractivity contribution is 5.92. The molecule has 4 rings (SSSR count). The van der Waals surface area contributed by atoms with E-state index < -0.39 is 5.91 Å². The molecule has 1 aromatic rings. The fraction of sp³-hybridized carbons (Fsp3) is 0.619. The molecular formula is C21H30N4O3. The maximum Gasteiger partial charge on any atom is 0.317 e. The highest BCUT2D eigenvalue weighted by atomic mass is 16.5. The molecule has 3 amide bonds. The number of urea groups is 1. The fourth-order valence-electron chi connectivity index (χ4n) is 5.53. The molecular weight excluding hydrogens is 356 g/mol. The predicted octanol–water partition coefficient (Wildman–Crippen LogP) is 1.38. The first kappa shape index (κ1) is 19.2. The van der Waals surface area contributed by atoms with Gasteiger partial charge >= 0.3 is 6.03 Å². The van der Waals surface area contributed by atoms with E-state index in [0.717, 1.165) is 57.7 Å². The zero-order chi connectivity index (χ0) is 19.7. The SMILES string of the molecule is COC1(c2cccc(C(N)=O)c2)C2CCCC1CN(CCN1CCNC1=O)C2. The van der Waals surface area contributed by atoms with Gasteiger partial charge < -0.3 is 25.6 Å². The third-order valence-electron chi connectivity index (χ3n) is 6.84. The second kappa shape index (κ2) is 7.72. The maximum atomic E-state index is 11.8. The Bertz CT molecular complexity index is 739. The minimum atomic E-state index is -0.403. The Balaban J connectivity index is 1.54. The quantitative estimate of drug-likeness (QED) is 0.773. The van der Waals surface area contributed by atoms with E-state index in [1.807, 2.05) is 17.0 Å². The molecule has 1 saturated carbocycles. The highest BCUT2D eigenvalue weighted by Gasteiger charge is 2.53. The Morgan fingerprint density at radius 3 is 2.64 bits per heavy atom. The van der Waals surface area contributed by atoms with E-state index in [0.29, 0.717) is 17.4 Å². The number of ether oxygens (including phenoxy) is 1. The van der Waals surface area contributed by atoms with Crippen molar-refractivity contribution in [3.8, 4) is 0 Å². The van der Waals surface area contributed by atoms with Gasteiger partial charge in [-0.25, -0.2) is 4.79 Å². The first-order valence-corrected chi connectivity index (χ1v) is 10.2. The molecule has 0 radical (unpaired) electrons. The Labute approximate surface area is 166 Å². The second-order valence-corrected chi connectivity index (χ2v) is 8.25. The molecule has 1 aromatic carbocycles. The van der Waals surface area contributed by atoms with E-state index in [1.54, 1.807) is 13.2 Å². The summed E-state index contributed by atoms with van der Waals surface area (Å²) in [5.41, 5.74) is 6.76. The van der Waals surface area contributed by atoms with Gasteiger partial charge in [0, 0.05) is 63.8 Å². The van der Waals surface area contributed by atoms with Gasteiger partial charge in [0.25, 0.3) is 0 Å². The van der Waals surface area contributed by atoms with Gasteiger partial charge in [-0.2, -0.15) is 0 Å². The van der Waals surface area contributed by atoms with Crippen molar-refractivity contribution in [2.75, 3.05) is 46.4 Å². The Kier molecular flexibility index (Phi) is 5.29. The topological polar surface area (TPSA) is 87.9 Å². The molecule has 1 aliphatic carbocycles. The van der Waals surface area contributed by atoms with Crippen molar-refractivity contribution in [2.45, 2.75) is 24.9 Å². The van der Waals surface area contributed by atoms with Gasteiger partial charge in [-0.1, -0.05) is 18.6 Å². The number of carbonyl (C=O) groups excluding carboxylic acids is 2. The zero-order valence-corrected chi connectivity index (χ0v) is 16.5. The van der Waals surface area contributed by atoms with Crippen LogP contribution >= 0.6 is 0 Å². The largest absolute Gasteiger partial charge is 0.373 e. The molecule has 0 spiro atoms. The minimum Gasteiger partial charge on any atom is -0.373 e. The average molecular weight is 386 g/mol. The summed E-state index contributed by atoms with van der Waals surface area (Å²) >= 11 is 0. The highest BCUT2D eigenvalue weighted by Crippen LogP contribution is 2.51. The summed E-state index contributed by atoms with van der Waals surface area (Å²) in [6.07, 6.45) is 3.41. The normalized spacial score (nSPS) is 30.3. The van der Waals surface area contributed by atoms with Gasteiger partial charge in [-0.15, -0.1) is 0 Å². The Hall–Kier alpha value is -2.12. The number of nitrogens with one attached hydrogen (secondary N) is 1. The lowest BCUT2D eigenvalue weighted by Gasteiger charge is -2.55. The van der Waals surface area contributed by atoms with Crippen molar-refractivity contribution in [1.82, 2.24) is 15.1 Å². The van der Waals surface area contributed by atoms with Crippen molar-refractivity contribution < 1.29 is 14.3 Å². The molecule has 2 bridgehead atoms. The number of rotatable bonds is 6. The summed E-state index contributed by atoms with van der Waals surface area (Å²) in [5.74, 6) is 0.320. The number of primary amides is 1. The van der Waals surface area contributed by atoms with Crippen molar-refractivity contribution in [2.24, 2.45) is 17.6 Å². The van der Waals surface area contributed by atoms with Gasteiger partial charge in [0.1, 0.15) is 5.60 Å². The third-order valence-corrected chi connectivity index (χ3v) is 6.84. The fourth-order valence-corrected chi connectivity index (χ4v) is 5.53. The van der Waals surface area contributed by atoms with E-state index in [1.165, 1.54) is 6.42 Å². The Morgan fingerprint density at radius 1 is 1.29 bits per heavy atom. The van der Waals surface area contributed by atoms with Gasteiger partial charge in [-0.3, -0.25) is 4.79 Å². The van der Waals surface area contributed by atoms with Gasteiger partial charge in [-0.05, 0) is 30.5 Å². The number of benzene rings is 1. The predicted molar refractivity (Wildman–Crippen MR) is 106 cm³/mol. The van der Waals surface area contributed by atoms with Crippen molar-refractivity contribution >= 4 is 11.9 Å². The lowest BCUT2D eigenvalue weighted by Crippen LogP contribution is -2.59. The number of carbonyl (C=O) groups is 2. The monoisotopic (exact) mass is 386 g/mol. The zero-order valence-electron chi connectivity index (χ0n) is 16.5. The van der Waals surface area contributed by atoms with Crippen LogP contribution in [0.15, 0.2) is 24.3 Å². The molecule has 7 nitrogen and oxygen atoms in total. The van der Waals surface area contributed by atoms with Crippen LogP contribution in [-0.4, -0.2) is 68.1 Å². The van der Waals surface area contributed by atoms with Crippen LogP contribution < -0.4 is 11.1 Å². The summed E-state index contributed by atoms with van der Waals surface area (Å²) in [7, 11) is 1.80. The summed E-state index contributed by atoms with van der Waals surface area (Å²) in [4.78, 5) is 27.9. The van der Waals surface area contributed by atoms with E-state index in [4.69, 9.17) is 10.5 Å². The summed E-state index contributed by atoms with van der Waals surface area (Å²) in [6, 6.07) is 7.71. The van der Waals surface area contributed by atoms with E-state index >= 15 is 0 Å². The lowest BCUT2D eigenvalue weighted by molar-refractivity contribution is -0.169. The molecule has 2 heterocycles. The molecule has 0 aromatic heterocycles. The van der Waals surface area contributed by atoms with Crippen LogP contribution in [0.4, 0.5) is 4.79 Å². The standard InChI is InChI=1S/C21H30N4O3/c1-28-21(16-5-2-4-15(12-16)19(22)26)17-6-3-7-18(21)14-24(13-17)10-11-25-9-8-23-20(25)27/h2,4-5,12,17-18H,3,6-11,13-14H2,1H3,(H2,22,26)(H,23,27). The van der Waals surface area contributed by atoms with E-state index in [-0.39, 0.29) is 11.6 Å².